The summed E-state index contributed by atoms with van der Waals surface area (Å²) >= 11 is 1.62. The van der Waals surface area contributed by atoms with Crippen LogP contribution < -0.4 is 10.1 Å². The number of methoxy groups -OCH3 is 1. The van der Waals surface area contributed by atoms with Crippen LogP contribution in [0.4, 0.5) is 0 Å². The van der Waals surface area contributed by atoms with Crippen LogP contribution in [0.2, 0.25) is 0 Å². The van der Waals surface area contributed by atoms with Crippen molar-refractivity contribution in [3.05, 3.63) is 53.0 Å². The van der Waals surface area contributed by atoms with E-state index in [1.165, 1.54) is 12.8 Å². The zero-order valence-corrected chi connectivity index (χ0v) is 20.1. The van der Waals surface area contributed by atoms with Crippen molar-refractivity contribution in [2.45, 2.75) is 70.1 Å². The molecule has 1 N–H and O–H groups in total. The summed E-state index contributed by atoms with van der Waals surface area (Å²) in [6.07, 6.45) is 6.75. The number of hydrogen-bond donors (Lipinski definition) is 1. The number of nitrogens with zero attached hydrogens (tertiary/aromatic N) is 2. The Morgan fingerprint density at radius 1 is 1.18 bits per heavy atom. The van der Waals surface area contributed by atoms with Gasteiger partial charge in [-0.2, -0.15) is 0 Å². The van der Waals surface area contributed by atoms with Gasteiger partial charge in [0, 0.05) is 11.6 Å². The molecule has 1 atom stereocenters. The molecule has 2 aromatic heterocycles. The highest BCUT2D eigenvalue weighted by molar-refractivity contribution is 7.17. The van der Waals surface area contributed by atoms with E-state index in [0.717, 1.165) is 47.2 Å². The molecule has 174 valence electrons. The van der Waals surface area contributed by atoms with Crippen molar-refractivity contribution in [2.24, 2.45) is 0 Å². The number of aromatic nitrogens is 1. The summed E-state index contributed by atoms with van der Waals surface area (Å²) < 4.78 is 8.65. The van der Waals surface area contributed by atoms with E-state index >= 15 is 0 Å². The topological polar surface area (TPSA) is 63.6 Å². The summed E-state index contributed by atoms with van der Waals surface area (Å²) in [6, 6.07) is 11.9. The van der Waals surface area contributed by atoms with Crippen molar-refractivity contribution < 1.29 is 14.3 Å². The summed E-state index contributed by atoms with van der Waals surface area (Å²) in [4.78, 5) is 29.5. The zero-order chi connectivity index (χ0) is 23.0. The third-order valence-corrected chi connectivity index (χ3v) is 8.10. The summed E-state index contributed by atoms with van der Waals surface area (Å²) in [6.45, 7) is 2.66. The quantitative estimate of drug-likeness (QED) is 0.542. The lowest BCUT2D eigenvalue weighted by molar-refractivity contribution is -0.134. The number of rotatable bonds is 5. The van der Waals surface area contributed by atoms with E-state index in [4.69, 9.17) is 4.74 Å². The summed E-state index contributed by atoms with van der Waals surface area (Å²) in [5.74, 6) is 0.535. The second-order valence-corrected chi connectivity index (χ2v) is 10.4. The van der Waals surface area contributed by atoms with E-state index in [1.807, 2.05) is 53.3 Å². The molecular formula is C26H31N3O3S. The third-order valence-electron chi connectivity index (χ3n) is 7.25. The van der Waals surface area contributed by atoms with Gasteiger partial charge in [-0.1, -0.05) is 43.9 Å². The molecule has 1 aromatic carbocycles. The number of hydrogen-bond acceptors (Lipinski definition) is 4. The Hall–Kier alpha value is -2.80. The van der Waals surface area contributed by atoms with E-state index in [2.05, 4.69) is 5.32 Å². The minimum Gasteiger partial charge on any atom is -0.496 e. The monoisotopic (exact) mass is 465 g/mol. The fraction of sp³-hybridized carbons (Fsp3) is 0.462. The Balaban J connectivity index is 1.53. The van der Waals surface area contributed by atoms with Gasteiger partial charge in [0.15, 0.2) is 0 Å². The Kier molecular flexibility index (Phi) is 5.91. The molecule has 0 radical (unpaired) electrons. The highest BCUT2D eigenvalue weighted by Gasteiger charge is 2.48. The lowest BCUT2D eigenvalue weighted by Crippen LogP contribution is -2.64. The number of benzene rings is 1. The number of amides is 2. The molecule has 1 fully saturated rings. The Morgan fingerprint density at radius 2 is 1.94 bits per heavy atom. The molecule has 2 aliphatic rings. The first-order valence-corrected chi connectivity index (χ1v) is 12.7. The van der Waals surface area contributed by atoms with E-state index in [-0.39, 0.29) is 17.9 Å². The fourth-order valence-corrected chi connectivity index (χ4v) is 6.11. The van der Waals surface area contributed by atoms with Gasteiger partial charge in [0.05, 0.1) is 30.4 Å². The van der Waals surface area contributed by atoms with Gasteiger partial charge in [0.2, 0.25) is 5.91 Å². The lowest BCUT2D eigenvalue weighted by atomic mass is 9.92. The second-order valence-electron chi connectivity index (χ2n) is 9.42. The molecule has 1 aliphatic heterocycles. The van der Waals surface area contributed by atoms with Crippen LogP contribution in [0.1, 0.15) is 61.5 Å². The van der Waals surface area contributed by atoms with Gasteiger partial charge in [-0.05, 0) is 43.3 Å². The molecule has 7 heteroatoms. The molecule has 3 heterocycles. The molecule has 0 spiro atoms. The number of carbonyl (C=O) groups excluding carboxylic acids is 2. The molecule has 5 rings (SSSR count). The Morgan fingerprint density at radius 3 is 2.70 bits per heavy atom. The molecule has 0 saturated heterocycles. The highest BCUT2D eigenvalue weighted by Crippen LogP contribution is 2.36. The van der Waals surface area contributed by atoms with Gasteiger partial charge in [-0.3, -0.25) is 9.59 Å². The van der Waals surface area contributed by atoms with E-state index < -0.39 is 5.54 Å². The maximum Gasteiger partial charge on any atom is 0.271 e. The molecule has 0 bridgehead atoms. The van der Waals surface area contributed by atoms with E-state index in [1.54, 1.807) is 23.3 Å². The third kappa shape index (κ3) is 3.92. The maximum atomic E-state index is 13.9. The van der Waals surface area contributed by atoms with Gasteiger partial charge in [-0.15, -0.1) is 11.3 Å². The summed E-state index contributed by atoms with van der Waals surface area (Å²) in [5, 5.41) is 5.36. The molecule has 3 aromatic rings. The Bertz CT molecular complexity index is 1170. The van der Waals surface area contributed by atoms with Gasteiger partial charge >= 0.3 is 0 Å². The first kappa shape index (κ1) is 22.0. The van der Waals surface area contributed by atoms with Crippen LogP contribution in [0.25, 0.3) is 10.2 Å². The first-order valence-electron chi connectivity index (χ1n) is 11.8. The molecule has 0 unspecified atom stereocenters. The predicted octanol–water partition coefficient (Wildman–Crippen LogP) is 4.97. The van der Waals surface area contributed by atoms with Crippen LogP contribution >= 0.6 is 11.3 Å². The molecule has 1 saturated carbocycles. The number of nitrogens with one attached hydrogen (secondary N) is 1. The average Bonchev–Trinajstić information content (AvgIpc) is 3.31. The summed E-state index contributed by atoms with van der Waals surface area (Å²) in [5.41, 5.74) is 1.55. The minimum absolute atomic E-state index is 0.0691. The molecule has 2 amide bonds. The molecule has 6 nitrogen and oxygen atoms in total. The molecular weight excluding hydrogens is 434 g/mol. The standard InChI is InChI=1S/C26H31N3O3S/c1-26(25(31)27-19-10-5-3-4-6-11-19)17-28-20-13-14-33-23(20)15-21(28)24(30)29(26)16-18-9-7-8-12-22(18)32-2/h7-9,12-15,19H,3-6,10-11,16-17H2,1-2H3,(H,27,31)/t26-/m0/s1. The van der Waals surface area contributed by atoms with Crippen molar-refractivity contribution >= 4 is 33.4 Å². The molecule has 1 aliphatic carbocycles. The van der Waals surface area contributed by atoms with Crippen molar-refractivity contribution in [3.8, 4) is 5.75 Å². The zero-order valence-electron chi connectivity index (χ0n) is 19.3. The van der Waals surface area contributed by atoms with Crippen molar-refractivity contribution in [3.63, 3.8) is 0 Å². The number of fused-ring (bicyclic) bond motifs is 3. The first-order chi connectivity index (χ1) is 16.0. The average molecular weight is 466 g/mol. The number of thiophene rings is 1. The van der Waals surface area contributed by atoms with Gasteiger partial charge < -0.3 is 19.5 Å². The van der Waals surface area contributed by atoms with Crippen molar-refractivity contribution in [1.82, 2.24) is 14.8 Å². The van der Waals surface area contributed by atoms with Crippen LogP contribution in [-0.2, 0) is 17.9 Å². The number of para-hydroxylation sites is 1. The Labute approximate surface area is 198 Å². The fourth-order valence-electron chi connectivity index (χ4n) is 5.29. The maximum absolute atomic E-state index is 13.9. The SMILES string of the molecule is COc1ccccc1CN1C(=O)c2cc3sccc3n2C[C@@]1(C)C(=O)NC1CCCCCC1. The largest absolute Gasteiger partial charge is 0.496 e. The molecule has 33 heavy (non-hydrogen) atoms. The van der Waals surface area contributed by atoms with Crippen LogP contribution in [-0.4, -0.2) is 40.0 Å². The van der Waals surface area contributed by atoms with E-state index in [9.17, 15) is 9.59 Å². The highest BCUT2D eigenvalue weighted by atomic mass is 32.1. The van der Waals surface area contributed by atoms with Crippen molar-refractivity contribution in [2.75, 3.05) is 7.11 Å². The second kappa shape index (κ2) is 8.86. The van der Waals surface area contributed by atoms with Crippen LogP contribution in [0.15, 0.2) is 41.8 Å². The normalized spacial score (nSPS) is 21.6. The van der Waals surface area contributed by atoms with Gasteiger partial charge in [0.1, 0.15) is 17.0 Å². The van der Waals surface area contributed by atoms with Crippen LogP contribution in [0.5, 0.6) is 5.75 Å². The minimum atomic E-state index is -1.01. The lowest BCUT2D eigenvalue weighted by Gasteiger charge is -2.44. The van der Waals surface area contributed by atoms with Gasteiger partial charge in [0.25, 0.3) is 5.91 Å². The van der Waals surface area contributed by atoms with Crippen molar-refractivity contribution in [1.29, 1.82) is 0 Å². The van der Waals surface area contributed by atoms with E-state index in [0.29, 0.717) is 18.8 Å². The number of carbonyl (C=O) groups is 2. The smallest absolute Gasteiger partial charge is 0.271 e. The summed E-state index contributed by atoms with van der Waals surface area (Å²) in [7, 11) is 1.63. The van der Waals surface area contributed by atoms with Crippen LogP contribution in [0.3, 0.4) is 0 Å². The number of ether oxygens (including phenoxy) is 1. The van der Waals surface area contributed by atoms with Crippen LogP contribution in [0, 0.1) is 0 Å². The van der Waals surface area contributed by atoms with Gasteiger partial charge in [-0.25, -0.2) is 0 Å². The predicted molar refractivity (Wildman–Crippen MR) is 131 cm³/mol.